The summed E-state index contributed by atoms with van der Waals surface area (Å²) in [4.78, 5) is 23.8. The van der Waals surface area contributed by atoms with E-state index in [9.17, 15) is 14.7 Å². The first-order chi connectivity index (χ1) is 10.6. The maximum atomic E-state index is 12.4. The minimum atomic E-state index is -0.384. The van der Waals surface area contributed by atoms with Crippen LogP contribution in [0.3, 0.4) is 0 Å². The van der Waals surface area contributed by atoms with Crippen LogP contribution in [-0.2, 0) is 4.79 Å². The third-order valence-electron chi connectivity index (χ3n) is 4.34. The number of amides is 2. The average molecular weight is 298 g/mol. The van der Waals surface area contributed by atoms with Crippen LogP contribution in [0.25, 0.3) is 10.8 Å². The van der Waals surface area contributed by atoms with Gasteiger partial charge in [0.1, 0.15) is 5.75 Å². The van der Waals surface area contributed by atoms with Gasteiger partial charge in [-0.3, -0.25) is 9.59 Å². The van der Waals surface area contributed by atoms with Gasteiger partial charge in [0.05, 0.1) is 11.5 Å². The van der Waals surface area contributed by atoms with Crippen LogP contribution in [0.2, 0.25) is 0 Å². The number of nitrogens with one attached hydrogen (secondary N) is 1. The molecule has 5 nitrogen and oxygen atoms in total. The van der Waals surface area contributed by atoms with Gasteiger partial charge in [0.25, 0.3) is 5.91 Å². The standard InChI is InChI=1S/C17H18N2O3/c18-16(21)12-6-3-7-14(12)19-17(22)13-9-8-10-4-1-2-5-11(10)15(13)20/h1-2,4-5,8-9,12,14,20H,3,6-7H2,(H2,18,21)(H,19,22)/t12-,14-/m1/s1. The summed E-state index contributed by atoms with van der Waals surface area (Å²) in [5.41, 5.74) is 5.58. The number of carbonyl (C=O) groups is 2. The molecule has 3 rings (SSSR count). The molecule has 1 saturated carbocycles. The number of hydrogen-bond donors (Lipinski definition) is 3. The van der Waals surface area contributed by atoms with Crippen molar-refractivity contribution in [2.45, 2.75) is 25.3 Å². The highest BCUT2D eigenvalue weighted by Crippen LogP contribution is 2.30. The summed E-state index contributed by atoms with van der Waals surface area (Å²) in [7, 11) is 0. The molecule has 0 radical (unpaired) electrons. The molecule has 2 amide bonds. The highest BCUT2D eigenvalue weighted by Gasteiger charge is 2.33. The van der Waals surface area contributed by atoms with E-state index >= 15 is 0 Å². The van der Waals surface area contributed by atoms with Gasteiger partial charge >= 0.3 is 0 Å². The topological polar surface area (TPSA) is 92.4 Å². The lowest BCUT2D eigenvalue weighted by Gasteiger charge is -2.19. The van der Waals surface area contributed by atoms with Crippen molar-refractivity contribution in [3.8, 4) is 5.75 Å². The second-order valence-electron chi connectivity index (χ2n) is 5.70. The first-order valence-electron chi connectivity index (χ1n) is 7.39. The van der Waals surface area contributed by atoms with Crippen molar-refractivity contribution in [3.05, 3.63) is 42.0 Å². The Balaban J connectivity index is 1.86. The van der Waals surface area contributed by atoms with Gasteiger partial charge in [-0.25, -0.2) is 0 Å². The summed E-state index contributed by atoms with van der Waals surface area (Å²) in [6.07, 6.45) is 2.29. The zero-order valence-electron chi connectivity index (χ0n) is 12.1. The molecule has 0 saturated heterocycles. The van der Waals surface area contributed by atoms with Crippen LogP contribution in [0.15, 0.2) is 36.4 Å². The van der Waals surface area contributed by atoms with Gasteiger partial charge in [-0.05, 0) is 24.3 Å². The molecule has 0 unspecified atom stereocenters. The lowest BCUT2D eigenvalue weighted by atomic mass is 10.0. The minimum Gasteiger partial charge on any atom is -0.506 e. The maximum absolute atomic E-state index is 12.4. The van der Waals surface area contributed by atoms with Gasteiger partial charge in [0.2, 0.25) is 5.91 Å². The molecule has 1 aliphatic carbocycles. The molecule has 4 N–H and O–H groups in total. The van der Waals surface area contributed by atoms with Crippen LogP contribution >= 0.6 is 0 Å². The lowest BCUT2D eigenvalue weighted by molar-refractivity contribution is -0.122. The predicted octanol–water partition coefficient (Wildman–Crippen LogP) is 1.93. The number of nitrogens with two attached hydrogens (primary N) is 1. The van der Waals surface area contributed by atoms with E-state index in [1.165, 1.54) is 0 Å². The molecule has 22 heavy (non-hydrogen) atoms. The molecular formula is C17H18N2O3. The second kappa shape index (κ2) is 5.67. The SMILES string of the molecule is NC(=O)[C@@H]1CCC[C@H]1NC(=O)c1ccc2ccccc2c1O. The highest BCUT2D eigenvalue weighted by atomic mass is 16.3. The van der Waals surface area contributed by atoms with E-state index in [0.717, 1.165) is 18.2 Å². The van der Waals surface area contributed by atoms with E-state index in [1.807, 2.05) is 18.2 Å². The molecule has 0 bridgehead atoms. The average Bonchev–Trinajstić information content (AvgIpc) is 2.96. The van der Waals surface area contributed by atoms with Crippen molar-refractivity contribution in [2.75, 3.05) is 0 Å². The van der Waals surface area contributed by atoms with Crippen molar-refractivity contribution in [2.24, 2.45) is 11.7 Å². The van der Waals surface area contributed by atoms with Crippen LogP contribution in [-0.4, -0.2) is 23.0 Å². The number of phenolic OH excluding ortho intramolecular Hbond substituents is 1. The smallest absolute Gasteiger partial charge is 0.255 e. The summed E-state index contributed by atoms with van der Waals surface area (Å²) in [6.45, 7) is 0. The summed E-state index contributed by atoms with van der Waals surface area (Å²) >= 11 is 0. The summed E-state index contributed by atoms with van der Waals surface area (Å²) < 4.78 is 0. The van der Waals surface area contributed by atoms with Gasteiger partial charge < -0.3 is 16.2 Å². The van der Waals surface area contributed by atoms with E-state index in [1.54, 1.807) is 18.2 Å². The number of phenols is 1. The monoisotopic (exact) mass is 298 g/mol. The summed E-state index contributed by atoms with van der Waals surface area (Å²) in [5, 5.41) is 14.6. The van der Waals surface area contributed by atoms with Crippen molar-refractivity contribution in [1.82, 2.24) is 5.32 Å². The third kappa shape index (κ3) is 2.50. The molecule has 2 atom stereocenters. The zero-order valence-corrected chi connectivity index (χ0v) is 12.1. The van der Waals surface area contributed by atoms with Crippen LogP contribution in [0.1, 0.15) is 29.6 Å². The van der Waals surface area contributed by atoms with E-state index in [-0.39, 0.29) is 35.1 Å². The minimum absolute atomic E-state index is 0.0378. The van der Waals surface area contributed by atoms with E-state index in [0.29, 0.717) is 11.8 Å². The number of benzene rings is 2. The molecule has 2 aromatic carbocycles. The van der Waals surface area contributed by atoms with Crippen molar-refractivity contribution >= 4 is 22.6 Å². The number of hydrogen-bond acceptors (Lipinski definition) is 3. The Labute approximate surface area is 128 Å². The van der Waals surface area contributed by atoms with E-state index in [2.05, 4.69) is 5.32 Å². The Kier molecular flexibility index (Phi) is 3.71. The highest BCUT2D eigenvalue weighted by molar-refractivity contribution is 6.03. The van der Waals surface area contributed by atoms with Gasteiger partial charge in [0, 0.05) is 11.4 Å². The Bertz CT molecular complexity index is 742. The molecule has 0 spiro atoms. The fraction of sp³-hybridized carbons (Fsp3) is 0.294. The van der Waals surface area contributed by atoms with E-state index < -0.39 is 0 Å². The number of rotatable bonds is 3. The molecule has 1 aliphatic rings. The number of primary amides is 1. The fourth-order valence-corrected chi connectivity index (χ4v) is 3.16. The summed E-state index contributed by atoms with van der Waals surface area (Å²) in [6, 6.07) is 10.5. The zero-order chi connectivity index (χ0) is 15.7. The van der Waals surface area contributed by atoms with E-state index in [4.69, 9.17) is 5.73 Å². The second-order valence-corrected chi connectivity index (χ2v) is 5.70. The quantitative estimate of drug-likeness (QED) is 0.808. The molecule has 2 aromatic rings. The largest absolute Gasteiger partial charge is 0.506 e. The van der Waals surface area contributed by atoms with Crippen molar-refractivity contribution < 1.29 is 14.7 Å². The normalized spacial score (nSPS) is 20.9. The molecular weight excluding hydrogens is 280 g/mol. The lowest BCUT2D eigenvalue weighted by Crippen LogP contribution is -2.42. The predicted molar refractivity (Wildman–Crippen MR) is 83.4 cm³/mol. The van der Waals surface area contributed by atoms with Crippen LogP contribution in [0.4, 0.5) is 0 Å². The van der Waals surface area contributed by atoms with Gasteiger partial charge in [0.15, 0.2) is 0 Å². The Morgan fingerprint density at radius 2 is 1.91 bits per heavy atom. The molecule has 0 aliphatic heterocycles. The van der Waals surface area contributed by atoms with Crippen molar-refractivity contribution in [1.29, 1.82) is 0 Å². The first-order valence-corrected chi connectivity index (χ1v) is 7.39. The van der Waals surface area contributed by atoms with Crippen molar-refractivity contribution in [3.63, 3.8) is 0 Å². The molecule has 0 aromatic heterocycles. The Morgan fingerprint density at radius 1 is 1.14 bits per heavy atom. The number of aromatic hydroxyl groups is 1. The Morgan fingerprint density at radius 3 is 2.68 bits per heavy atom. The fourth-order valence-electron chi connectivity index (χ4n) is 3.16. The molecule has 5 heteroatoms. The van der Waals surface area contributed by atoms with Crippen LogP contribution in [0.5, 0.6) is 5.75 Å². The van der Waals surface area contributed by atoms with Gasteiger partial charge in [-0.2, -0.15) is 0 Å². The number of carbonyl (C=O) groups excluding carboxylic acids is 2. The van der Waals surface area contributed by atoms with Crippen LogP contribution in [0, 0.1) is 5.92 Å². The van der Waals surface area contributed by atoms with Crippen LogP contribution < -0.4 is 11.1 Å². The third-order valence-corrected chi connectivity index (χ3v) is 4.34. The molecule has 1 fully saturated rings. The van der Waals surface area contributed by atoms with Gasteiger partial charge in [-0.1, -0.05) is 36.8 Å². The van der Waals surface area contributed by atoms with Gasteiger partial charge in [-0.15, -0.1) is 0 Å². The first kappa shape index (κ1) is 14.4. The maximum Gasteiger partial charge on any atom is 0.255 e. The summed E-state index contributed by atoms with van der Waals surface area (Å²) in [5.74, 6) is -1.12. The molecule has 0 heterocycles. The Hall–Kier alpha value is -2.56. The number of fused-ring (bicyclic) bond motifs is 1. The molecule has 114 valence electrons.